The van der Waals surface area contributed by atoms with Gasteiger partial charge in [-0.1, -0.05) is 154 Å². The van der Waals surface area contributed by atoms with Gasteiger partial charge in [0.2, 0.25) is 5.91 Å². The Balaban J connectivity index is 3.72. The number of nitrogens with two attached hydrogens (primary N) is 1. The molecule has 0 aliphatic carbocycles. The average Bonchev–Trinajstić information content (AvgIpc) is 2.99. The SMILES string of the molecule is CCCCCCCC/C=C\CCCCCCCCNC(CC)C(CCCCCC/C=C\CCCCCCCC)C(N)=O. The number of carbonyl (C=O) groups is 1. The molecule has 0 aliphatic heterocycles. The first kappa shape index (κ1) is 40.9. The van der Waals surface area contributed by atoms with Crippen LogP contribution in [-0.4, -0.2) is 18.5 Å². The van der Waals surface area contributed by atoms with Crippen molar-refractivity contribution in [1.29, 1.82) is 0 Å². The highest BCUT2D eigenvalue weighted by atomic mass is 16.1. The Morgan fingerprint density at radius 2 is 0.881 bits per heavy atom. The molecule has 2 atom stereocenters. The molecule has 0 rings (SSSR count). The molecule has 42 heavy (non-hydrogen) atoms. The quantitative estimate of drug-likeness (QED) is 0.0580. The van der Waals surface area contributed by atoms with Crippen LogP contribution in [-0.2, 0) is 4.79 Å². The van der Waals surface area contributed by atoms with Crippen molar-refractivity contribution in [2.45, 2.75) is 207 Å². The predicted molar refractivity (Wildman–Crippen MR) is 189 cm³/mol. The van der Waals surface area contributed by atoms with E-state index < -0.39 is 0 Å². The van der Waals surface area contributed by atoms with Gasteiger partial charge in [0.25, 0.3) is 0 Å². The highest BCUT2D eigenvalue weighted by molar-refractivity contribution is 5.77. The second-order valence-electron chi connectivity index (χ2n) is 12.9. The first-order valence-electron chi connectivity index (χ1n) is 19.0. The van der Waals surface area contributed by atoms with Gasteiger partial charge in [-0.2, -0.15) is 0 Å². The van der Waals surface area contributed by atoms with Crippen molar-refractivity contribution < 1.29 is 4.79 Å². The van der Waals surface area contributed by atoms with Gasteiger partial charge in [0.1, 0.15) is 0 Å². The molecule has 2 unspecified atom stereocenters. The minimum Gasteiger partial charge on any atom is -0.369 e. The summed E-state index contributed by atoms with van der Waals surface area (Å²) in [5, 5.41) is 3.68. The summed E-state index contributed by atoms with van der Waals surface area (Å²) in [5.41, 5.74) is 5.84. The van der Waals surface area contributed by atoms with E-state index in [-0.39, 0.29) is 17.9 Å². The molecule has 3 nitrogen and oxygen atoms in total. The van der Waals surface area contributed by atoms with Crippen LogP contribution in [0.2, 0.25) is 0 Å². The van der Waals surface area contributed by atoms with Crippen molar-refractivity contribution in [3.05, 3.63) is 24.3 Å². The van der Waals surface area contributed by atoms with E-state index in [9.17, 15) is 4.79 Å². The molecule has 3 heteroatoms. The van der Waals surface area contributed by atoms with E-state index in [1.807, 2.05) is 0 Å². The van der Waals surface area contributed by atoms with Crippen molar-refractivity contribution in [3.63, 3.8) is 0 Å². The number of hydrogen-bond acceptors (Lipinski definition) is 2. The molecule has 0 aromatic rings. The zero-order valence-corrected chi connectivity index (χ0v) is 29.0. The second kappa shape index (κ2) is 34.4. The summed E-state index contributed by atoms with van der Waals surface area (Å²) in [7, 11) is 0. The average molecular weight is 589 g/mol. The molecule has 0 saturated heterocycles. The van der Waals surface area contributed by atoms with E-state index in [4.69, 9.17) is 5.73 Å². The van der Waals surface area contributed by atoms with Gasteiger partial charge in [-0.05, 0) is 77.2 Å². The molecule has 0 radical (unpaired) electrons. The first-order chi connectivity index (χ1) is 20.7. The van der Waals surface area contributed by atoms with Crippen LogP contribution in [0.4, 0.5) is 0 Å². The highest BCUT2D eigenvalue weighted by Gasteiger charge is 2.24. The maximum atomic E-state index is 12.2. The molecular formula is C39H76N2O. The Kier molecular flexibility index (Phi) is 33.5. The molecule has 0 aliphatic rings. The molecule has 1 amide bonds. The third-order valence-electron chi connectivity index (χ3n) is 8.91. The van der Waals surface area contributed by atoms with E-state index >= 15 is 0 Å². The van der Waals surface area contributed by atoms with Gasteiger partial charge in [0.05, 0.1) is 5.92 Å². The summed E-state index contributed by atoms with van der Waals surface area (Å²) in [5.74, 6) is -0.144. The summed E-state index contributed by atoms with van der Waals surface area (Å²) in [6.07, 6.45) is 45.8. The van der Waals surface area contributed by atoms with Crippen LogP contribution >= 0.6 is 0 Å². The third kappa shape index (κ3) is 29.0. The molecule has 248 valence electrons. The normalized spacial score (nSPS) is 13.4. The number of amides is 1. The van der Waals surface area contributed by atoms with Crippen LogP contribution in [0, 0.1) is 5.92 Å². The number of allylic oxidation sites excluding steroid dienone is 4. The number of primary amides is 1. The number of nitrogens with one attached hydrogen (secondary N) is 1. The minimum absolute atomic E-state index is 0.0265. The predicted octanol–water partition coefficient (Wildman–Crippen LogP) is 12.1. The fourth-order valence-corrected chi connectivity index (χ4v) is 6.03. The van der Waals surface area contributed by atoms with Gasteiger partial charge < -0.3 is 11.1 Å². The van der Waals surface area contributed by atoms with Gasteiger partial charge in [-0.25, -0.2) is 0 Å². The van der Waals surface area contributed by atoms with Crippen LogP contribution in [0.5, 0.6) is 0 Å². The van der Waals surface area contributed by atoms with Gasteiger partial charge in [-0.15, -0.1) is 0 Å². The summed E-state index contributed by atoms with van der Waals surface area (Å²) in [4.78, 5) is 12.2. The van der Waals surface area contributed by atoms with E-state index in [0.29, 0.717) is 0 Å². The van der Waals surface area contributed by atoms with Crippen molar-refractivity contribution in [2.75, 3.05) is 6.54 Å². The van der Waals surface area contributed by atoms with Crippen molar-refractivity contribution in [2.24, 2.45) is 11.7 Å². The Hall–Kier alpha value is -1.09. The maximum absolute atomic E-state index is 12.2. The van der Waals surface area contributed by atoms with Crippen LogP contribution in [0.1, 0.15) is 201 Å². The van der Waals surface area contributed by atoms with Crippen LogP contribution in [0.3, 0.4) is 0 Å². The first-order valence-corrected chi connectivity index (χ1v) is 19.0. The number of hydrogen-bond donors (Lipinski definition) is 2. The topological polar surface area (TPSA) is 55.1 Å². The Labute approximate surface area is 264 Å². The fraction of sp³-hybridized carbons (Fsp3) is 0.872. The molecular weight excluding hydrogens is 512 g/mol. The van der Waals surface area contributed by atoms with Gasteiger partial charge in [0, 0.05) is 6.04 Å². The molecule has 0 bridgehead atoms. The zero-order chi connectivity index (χ0) is 30.8. The van der Waals surface area contributed by atoms with E-state index in [0.717, 1.165) is 25.8 Å². The van der Waals surface area contributed by atoms with E-state index in [1.165, 1.54) is 161 Å². The second-order valence-corrected chi connectivity index (χ2v) is 12.9. The lowest BCUT2D eigenvalue weighted by molar-refractivity contribution is -0.123. The van der Waals surface area contributed by atoms with Gasteiger partial charge in [-0.3, -0.25) is 4.79 Å². The smallest absolute Gasteiger partial charge is 0.222 e. The molecule has 0 aromatic heterocycles. The number of rotatable bonds is 34. The van der Waals surface area contributed by atoms with Crippen LogP contribution in [0.25, 0.3) is 0 Å². The van der Waals surface area contributed by atoms with Crippen molar-refractivity contribution in [1.82, 2.24) is 5.32 Å². The molecule has 0 heterocycles. The van der Waals surface area contributed by atoms with Crippen molar-refractivity contribution in [3.8, 4) is 0 Å². The van der Waals surface area contributed by atoms with Gasteiger partial charge >= 0.3 is 0 Å². The summed E-state index contributed by atoms with van der Waals surface area (Å²) < 4.78 is 0. The monoisotopic (exact) mass is 589 g/mol. The summed E-state index contributed by atoms with van der Waals surface area (Å²) in [6.45, 7) is 7.76. The van der Waals surface area contributed by atoms with E-state index in [1.54, 1.807) is 0 Å². The Morgan fingerprint density at radius 1 is 0.524 bits per heavy atom. The lowest BCUT2D eigenvalue weighted by Crippen LogP contribution is -2.42. The molecule has 0 saturated carbocycles. The fourth-order valence-electron chi connectivity index (χ4n) is 6.03. The van der Waals surface area contributed by atoms with Crippen LogP contribution < -0.4 is 11.1 Å². The van der Waals surface area contributed by atoms with Crippen LogP contribution in [0.15, 0.2) is 24.3 Å². The number of carbonyl (C=O) groups excluding carboxylic acids is 1. The summed E-state index contributed by atoms with van der Waals surface area (Å²) >= 11 is 0. The maximum Gasteiger partial charge on any atom is 0.222 e. The zero-order valence-electron chi connectivity index (χ0n) is 29.0. The lowest BCUT2D eigenvalue weighted by Gasteiger charge is -2.25. The standard InChI is InChI=1S/C39H76N2O/c1-4-7-9-11-13-15-17-19-21-22-24-26-28-30-32-34-36-41-38(6-3)37(39(40)42)35-33-31-29-27-25-23-20-18-16-14-12-10-8-5-2/h19-21,23,37-38,41H,4-18,22,24-36H2,1-3H3,(H2,40,42)/b21-19-,23-20-. The minimum atomic E-state index is -0.118. The number of unbranched alkanes of at least 4 members (excludes halogenated alkanes) is 22. The lowest BCUT2D eigenvalue weighted by atomic mass is 9.90. The Morgan fingerprint density at radius 3 is 1.26 bits per heavy atom. The third-order valence-corrected chi connectivity index (χ3v) is 8.91. The molecule has 0 aromatic carbocycles. The largest absolute Gasteiger partial charge is 0.369 e. The summed E-state index contributed by atoms with van der Waals surface area (Å²) in [6, 6.07) is 0.232. The molecule has 0 spiro atoms. The van der Waals surface area contributed by atoms with E-state index in [2.05, 4.69) is 50.4 Å². The van der Waals surface area contributed by atoms with Gasteiger partial charge in [0.15, 0.2) is 0 Å². The Bertz CT molecular complexity index is 599. The highest BCUT2D eigenvalue weighted by Crippen LogP contribution is 2.18. The molecule has 0 fully saturated rings. The molecule has 3 N–H and O–H groups in total. The van der Waals surface area contributed by atoms with Crippen molar-refractivity contribution >= 4 is 5.91 Å².